The highest BCUT2D eigenvalue weighted by Gasteiger charge is 2.15. The van der Waals surface area contributed by atoms with Gasteiger partial charge in [-0.3, -0.25) is 0 Å². The Balaban J connectivity index is 1.69. The van der Waals surface area contributed by atoms with E-state index in [0.29, 0.717) is 17.2 Å². The highest BCUT2D eigenvalue weighted by molar-refractivity contribution is 7.14. The van der Waals surface area contributed by atoms with Gasteiger partial charge in [-0.2, -0.15) is 0 Å². The molecule has 0 atom stereocenters. The van der Waals surface area contributed by atoms with Crippen molar-refractivity contribution in [2.24, 2.45) is 0 Å². The molecule has 1 aromatic heterocycles. The lowest BCUT2D eigenvalue weighted by molar-refractivity contribution is -0.131. The van der Waals surface area contributed by atoms with Gasteiger partial charge in [-0.25, -0.2) is 4.79 Å². The summed E-state index contributed by atoms with van der Waals surface area (Å²) in [5.41, 5.74) is 4.53. The Morgan fingerprint density at radius 1 is 1.10 bits per heavy atom. The lowest BCUT2D eigenvalue weighted by Crippen LogP contribution is -1.97. The Bertz CT molecular complexity index is 1230. The van der Waals surface area contributed by atoms with Gasteiger partial charge in [0.15, 0.2) is 0 Å². The summed E-state index contributed by atoms with van der Waals surface area (Å²) in [5.74, 6) is -0.264. The molecule has 0 bridgehead atoms. The van der Waals surface area contributed by atoms with Gasteiger partial charge in [-0.15, -0.1) is 11.3 Å². The van der Waals surface area contributed by atoms with Crippen LogP contribution in [0.15, 0.2) is 78.2 Å². The SMILES string of the molecule is O=C(O)/C=C/c1c#ccc(-c2sccc2-c2cc(Cl)ccc2OCc2ccccc2)c1. The molecule has 0 aliphatic rings. The molecule has 0 spiro atoms. The zero-order valence-corrected chi connectivity index (χ0v) is 17.9. The average molecular weight is 445 g/mol. The van der Waals surface area contributed by atoms with Crippen LogP contribution in [0.4, 0.5) is 0 Å². The number of ether oxygens (including phenoxy) is 1. The molecule has 5 heteroatoms. The molecule has 3 nitrogen and oxygen atoms in total. The molecule has 152 valence electrons. The molecule has 0 aliphatic heterocycles. The van der Waals surface area contributed by atoms with Gasteiger partial charge >= 0.3 is 5.97 Å². The van der Waals surface area contributed by atoms with E-state index in [1.54, 1.807) is 11.3 Å². The van der Waals surface area contributed by atoms with Crippen LogP contribution in [-0.4, -0.2) is 11.1 Å². The second kappa shape index (κ2) is 9.53. The van der Waals surface area contributed by atoms with Crippen molar-refractivity contribution in [2.45, 2.75) is 6.61 Å². The number of aliphatic carboxylic acids is 1. The second-order valence-electron chi connectivity index (χ2n) is 6.72. The van der Waals surface area contributed by atoms with Crippen molar-refractivity contribution in [2.75, 3.05) is 0 Å². The summed E-state index contributed by atoms with van der Waals surface area (Å²) in [6.07, 6.45) is 2.59. The number of carbonyl (C=O) groups is 1. The third-order valence-electron chi connectivity index (χ3n) is 4.56. The number of halogens is 1. The maximum atomic E-state index is 10.8. The molecule has 31 heavy (non-hydrogen) atoms. The fourth-order valence-electron chi connectivity index (χ4n) is 3.14. The summed E-state index contributed by atoms with van der Waals surface area (Å²) < 4.78 is 6.14. The number of benzene rings is 2. The van der Waals surface area contributed by atoms with Crippen LogP contribution in [0, 0.1) is 12.1 Å². The van der Waals surface area contributed by atoms with E-state index in [0.717, 1.165) is 39.0 Å². The first-order chi connectivity index (χ1) is 15.1. The van der Waals surface area contributed by atoms with Gasteiger partial charge in [0, 0.05) is 38.2 Å². The molecule has 0 fully saturated rings. The molecule has 0 saturated heterocycles. The monoisotopic (exact) mass is 444 g/mol. The van der Waals surface area contributed by atoms with Crippen molar-refractivity contribution in [3.8, 4) is 27.3 Å². The van der Waals surface area contributed by atoms with Crippen LogP contribution in [0.3, 0.4) is 0 Å². The van der Waals surface area contributed by atoms with Gasteiger partial charge < -0.3 is 9.84 Å². The number of hydrogen-bond donors (Lipinski definition) is 1. The average Bonchev–Trinajstić information content (AvgIpc) is 3.27. The normalized spacial score (nSPS) is 10.7. The lowest BCUT2D eigenvalue weighted by Gasteiger charge is -2.13. The molecule has 0 aliphatic carbocycles. The molecule has 4 aromatic rings. The van der Waals surface area contributed by atoms with E-state index in [9.17, 15) is 4.79 Å². The third kappa shape index (κ3) is 5.16. The number of carboxylic acid groups (broad SMARTS) is 1. The molecular weight excluding hydrogens is 428 g/mol. The molecule has 0 unspecified atom stereocenters. The van der Waals surface area contributed by atoms with E-state index in [-0.39, 0.29) is 0 Å². The van der Waals surface area contributed by atoms with Crippen molar-refractivity contribution < 1.29 is 14.6 Å². The van der Waals surface area contributed by atoms with Crippen molar-refractivity contribution in [3.63, 3.8) is 0 Å². The number of rotatable bonds is 7. The predicted molar refractivity (Wildman–Crippen MR) is 125 cm³/mol. The summed E-state index contributed by atoms with van der Waals surface area (Å²) in [5, 5.41) is 11.5. The summed E-state index contributed by atoms with van der Waals surface area (Å²) >= 11 is 7.90. The summed E-state index contributed by atoms with van der Waals surface area (Å²) in [6, 6.07) is 27.2. The van der Waals surface area contributed by atoms with Crippen LogP contribution in [0.5, 0.6) is 5.75 Å². The summed E-state index contributed by atoms with van der Waals surface area (Å²) in [4.78, 5) is 11.8. The van der Waals surface area contributed by atoms with E-state index in [1.165, 1.54) is 6.08 Å². The zero-order valence-electron chi connectivity index (χ0n) is 16.3. The lowest BCUT2D eigenvalue weighted by atomic mass is 10.0. The zero-order chi connectivity index (χ0) is 21.6. The van der Waals surface area contributed by atoms with Crippen molar-refractivity contribution in [1.82, 2.24) is 0 Å². The molecule has 4 rings (SSSR count). The Kier molecular flexibility index (Phi) is 6.37. The van der Waals surface area contributed by atoms with Crippen LogP contribution in [0.1, 0.15) is 11.1 Å². The first-order valence-electron chi connectivity index (χ1n) is 9.49. The van der Waals surface area contributed by atoms with Crippen molar-refractivity contribution >= 4 is 35.0 Å². The molecular formula is C26H17ClO3S. The van der Waals surface area contributed by atoms with Crippen molar-refractivity contribution in [1.29, 1.82) is 0 Å². The van der Waals surface area contributed by atoms with E-state index < -0.39 is 5.97 Å². The van der Waals surface area contributed by atoms with Gasteiger partial charge in [0.1, 0.15) is 12.4 Å². The number of carboxylic acids is 1. The minimum Gasteiger partial charge on any atom is -0.488 e. The highest BCUT2D eigenvalue weighted by atomic mass is 35.5. The molecule has 0 saturated carbocycles. The minimum atomic E-state index is -1.00. The standard InChI is InChI=1S/C26H17ClO3S/c27-21-10-11-24(30-17-19-5-2-1-3-6-19)23(16-21)22-13-14-31-26(22)20-8-4-7-18(15-20)9-12-25(28)29/h1-3,5-6,8-16H,17H2,(H,28,29)/b12-9+. The smallest absolute Gasteiger partial charge is 0.328 e. The fraction of sp³-hybridized carbons (Fsp3) is 0.0385. The summed E-state index contributed by atoms with van der Waals surface area (Å²) in [6.45, 7) is 0.452. The Morgan fingerprint density at radius 2 is 1.94 bits per heavy atom. The van der Waals surface area contributed by atoms with Gasteiger partial charge in [-0.05, 0) is 53.4 Å². The molecule has 3 aromatic carbocycles. The minimum absolute atomic E-state index is 0.452. The Morgan fingerprint density at radius 3 is 2.74 bits per heavy atom. The van der Waals surface area contributed by atoms with E-state index in [2.05, 4.69) is 12.1 Å². The van der Waals surface area contributed by atoms with Crippen LogP contribution in [0.25, 0.3) is 27.6 Å². The van der Waals surface area contributed by atoms with Crippen LogP contribution >= 0.6 is 22.9 Å². The maximum Gasteiger partial charge on any atom is 0.328 e. The predicted octanol–water partition coefficient (Wildman–Crippen LogP) is 7.01. The van der Waals surface area contributed by atoms with Crippen LogP contribution < -0.4 is 4.74 Å². The molecule has 1 N–H and O–H groups in total. The van der Waals surface area contributed by atoms with Gasteiger partial charge in [-0.1, -0.05) is 54.1 Å². The Hall–Kier alpha value is -3.52. The number of thiophene rings is 1. The highest BCUT2D eigenvalue weighted by Crippen LogP contribution is 2.42. The largest absolute Gasteiger partial charge is 0.488 e. The number of hydrogen-bond acceptors (Lipinski definition) is 3. The maximum absolute atomic E-state index is 10.8. The first-order valence-corrected chi connectivity index (χ1v) is 10.7. The van der Waals surface area contributed by atoms with E-state index in [4.69, 9.17) is 21.4 Å². The topological polar surface area (TPSA) is 46.5 Å². The molecule has 0 amide bonds. The molecule has 0 radical (unpaired) electrons. The van der Waals surface area contributed by atoms with Gasteiger partial charge in [0.2, 0.25) is 0 Å². The van der Waals surface area contributed by atoms with Crippen LogP contribution in [-0.2, 0) is 11.4 Å². The Labute approximate surface area is 189 Å². The van der Waals surface area contributed by atoms with E-state index in [1.807, 2.05) is 72.1 Å². The van der Waals surface area contributed by atoms with E-state index >= 15 is 0 Å². The van der Waals surface area contributed by atoms with Crippen molar-refractivity contribution in [3.05, 3.63) is 106 Å². The third-order valence-corrected chi connectivity index (χ3v) is 5.76. The van der Waals surface area contributed by atoms with Gasteiger partial charge in [0.25, 0.3) is 0 Å². The summed E-state index contributed by atoms with van der Waals surface area (Å²) in [7, 11) is 0. The van der Waals surface area contributed by atoms with Crippen LogP contribution in [0.2, 0.25) is 5.02 Å². The second-order valence-corrected chi connectivity index (χ2v) is 8.07. The first kappa shape index (κ1) is 20.7. The fourth-order valence-corrected chi connectivity index (χ4v) is 4.21. The molecule has 1 heterocycles. The quantitative estimate of drug-likeness (QED) is 0.312. The van der Waals surface area contributed by atoms with Gasteiger partial charge in [0.05, 0.1) is 0 Å².